The third-order valence-corrected chi connectivity index (χ3v) is 1.38. The van der Waals surface area contributed by atoms with Crippen LogP contribution in [0.25, 0.3) is 0 Å². The standard InChI is InChI=1S/C8H8ClNO2/c9-3-6-12-8(11)7-1-4-10-5-2-7/h1-2,4-5H,3,6H2. The van der Waals surface area contributed by atoms with Gasteiger partial charge < -0.3 is 4.74 Å². The summed E-state index contributed by atoms with van der Waals surface area (Å²) >= 11 is 5.34. The Morgan fingerprint density at radius 2 is 2.17 bits per heavy atom. The van der Waals surface area contributed by atoms with Crippen molar-refractivity contribution in [2.45, 2.75) is 0 Å². The van der Waals surface area contributed by atoms with Crippen LogP contribution in [-0.2, 0) is 4.74 Å². The predicted octanol–water partition coefficient (Wildman–Crippen LogP) is 1.48. The van der Waals surface area contributed by atoms with Gasteiger partial charge in [0, 0.05) is 12.4 Å². The Balaban J connectivity index is 2.54. The molecule has 12 heavy (non-hydrogen) atoms. The Kier molecular flexibility index (Phi) is 3.54. The van der Waals surface area contributed by atoms with Crippen LogP contribution in [0.3, 0.4) is 0 Å². The zero-order chi connectivity index (χ0) is 8.81. The van der Waals surface area contributed by atoms with Gasteiger partial charge in [-0.25, -0.2) is 4.79 Å². The van der Waals surface area contributed by atoms with Crippen LogP contribution in [-0.4, -0.2) is 23.4 Å². The van der Waals surface area contributed by atoms with E-state index in [4.69, 9.17) is 16.3 Å². The Hall–Kier alpha value is -1.09. The smallest absolute Gasteiger partial charge is 0.338 e. The summed E-state index contributed by atoms with van der Waals surface area (Å²) in [7, 11) is 0. The highest BCUT2D eigenvalue weighted by Crippen LogP contribution is 1.98. The highest BCUT2D eigenvalue weighted by atomic mass is 35.5. The van der Waals surface area contributed by atoms with Gasteiger partial charge in [0.15, 0.2) is 0 Å². The highest BCUT2D eigenvalue weighted by molar-refractivity contribution is 6.18. The summed E-state index contributed by atoms with van der Waals surface area (Å²) in [6.07, 6.45) is 3.08. The van der Waals surface area contributed by atoms with Gasteiger partial charge in [0.05, 0.1) is 11.4 Å². The van der Waals surface area contributed by atoms with Crippen LogP contribution in [0.2, 0.25) is 0 Å². The molecule has 0 radical (unpaired) electrons. The molecule has 0 fully saturated rings. The number of pyridine rings is 1. The maximum atomic E-state index is 11.1. The van der Waals surface area contributed by atoms with Gasteiger partial charge >= 0.3 is 5.97 Å². The molecular weight excluding hydrogens is 178 g/mol. The van der Waals surface area contributed by atoms with Crippen molar-refractivity contribution < 1.29 is 9.53 Å². The van der Waals surface area contributed by atoms with E-state index in [9.17, 15) is 4.79 Å². The van der Waals surface area contributed by atoms with Crippen molar-refractivity contribution in [3.8, 4) is 0 Å². The first kappa shape index (κ1) is 9.00. The molecule has 0 amide bonds. The average Bonchev–Trinajstić information content (AvgIpc) is 2.15. The first-order valence-electron chi connectivity index (χ1n) is 3.47. The van der Waals surface area contributed by atoms with Crippen molar-refractivity contribution in [1.82, 2.24) is 4.98 Å². The van der Waals surface area contributed by atoms with Crippen molar-refractivity contribution in [1.29, 1.82) is 0 Å². The minimum absolute atomic E-state index is 0.239. The van der Waals surface area contributed by atoms with Crippen LogP contribution < -0.4 is 0 Å². The fourth-order valence-corrected chi connectivity index (χ4v) is 0.780. The largest absolute Gasteiger partial charge is 0.461 e. The van der Waals surface area contributed by atoms with Crippen LogP contribution in [0.15, 0.2) is 24.5 Å². The van der Waals surface area contributed by atoms with Gasteiger partial charge in [0.25, 0.3) is 0 Å². The van der Waals surface area contributed by atoms with Crippen LogP contribution in [0.1, 0.15) is 10.4 Å². The first-order chi connectivity index (χ1) is 5.84. The molecule has 4 heteroatoms. The van der Waals surface area contributed by atoms with Crippen molar-refractivity contribution in [2.75, 3.05) is 12.5 Å². The number of rotatable bonds is 3. The van der Waals surface area contributed by atoms with Gasteiger partial charge in [0.1, 0.15) is 6.61 Å². The number of carbonyl (C=O) groups excluding carboxylic acids is 1. The molecule has 1 aromatic heterocycles. The van der Waals surface area contributed by atoms with E-state index in [1.807, 2.05) is 0 Å². The van der Waals surface area contributed by atoms with E-state index in [-0.39, 0.29) is 12.6 Å². The maximum absolute atomic E-state index is 11.1. The van der Waals surface area contributed by atoms with Gasteiger partial charge in [-0.05, 0) is 12.1 Å². The molecule has 0 aromatic carbocycles. The van der Waals surface area contributed by atoms with Gasteiger partial charge in [-0.3, -0.25) is 4.98 Å². The summed E-state index contributed by atoms with van der Waals surface area (Å²) in [6, 6.07) is 3.19. The molecule has 0 spiro atoms. The molecule has 0 N–H and O–H groups in total. The summed E-state index contributed by atoms with van der Waals surface area (Å²) in [6.45, 7) is 0.239. The monoisotopic (exact) mass is 185 g/mol. The molecule has 64 valence electrons. The van der Waals surface area contributed by atoms with Crippen LogP contribution in [0.5, 0.6) is 0 Å². The Labute approximate surface area is 75.3 Å². The van der Waals surface area contributed by atoms with E-state index >= 15 is 0 Å². The third-order valence-electron chi connectivity index (χ3n) is 1.23. The molecule has 0 aliphatic carbocycles. The molecule has 1 rings (SSSR count). The summed E-state index contributed by atoms with van der Waals surface area (Å²) in [5.41, 5.74) is 0.495. The maximum Gasteiger partial charge on any atom is 0.338 e. The van der Waals surface area contributed by atoms with E-state index in [1.165, 1.54) is 12.4 Å². The summed E-state index contributed by atoms with van der Waals surface area (Å²) in [5.74, 6) is -0.0466. The van der Waals surface area contributed by atoms with Gasteiger partial charge in [-0.2, -0.15) is 0 Å². The molecule has 0 atom stereocenters. The zero-order valence-corrected chi connectivity index (χ0v) is 7.12. The van der Waals surface area contributed by atoms with Gasteiger partial charge in [0.2, 0.25) is 0 Å². The number of nitrogens with zero attached hydrogens (tertiary/aromatic N) is 1. The Bertz CT molecular complexity index is 250. The molecular formula is C8H8ClNO2. The van der Waals surface area contributed by atoms with Gasteiger partial charge in [-0.15, -0.1) is 11.6 Å². The van der Waals surface area contributed by atoms with Crippen molar-refractivity contribution in [2.24, 2.45) is 0 Å². The second-order valence-electron chi connectivity index (χ2n) is 2.06. The minimum atomic E-state index is -0.363. The molecule has 0 aliphatic rings. The fraction of sp³-hybridized carbons (Fsp3) is 0.250. The van der Waals surface area contributed by atoms with Crippen LogP contribution in [0, 0.1) is 0 Å². The van der Waals surface area contributed by atoms with E-state index in [0.717, 1.165) is 0 Å². The van der Waals surface area contributed by atoms with E-state index in [1.54, 1.807) is 12.1 Å². The number of hydrogen-bond donors (Lipinski definition) is 0. The van der Waals surface area contributed by atoms with Gasteiger partial charge in [-0.1, -0.05) is 0 Å². The molecule has 1 aromatic rings. The predicted molar refractivity (Wildman–Crippen MR) is 45.2 cm³/mol. The first-order valence-corrected chi connectivity index (χ1v) is 4.01. The van der Waals surface area contributed by atoms with E-state index in [0.29, 0.717) is 11.4 Å². The molecule has 3 nitrogen and oxygen atoms in total. The zero-order valence-electron chi connectivity index (χ0n) is 6.37. The van der Waals surface area contributed by atoms with E-state index in [2.05, 4.69) is 4.98 Å². The SMILES string of the molecule is O=C(OCCCl)c1ccncc1. The minimum Gasteiger partial charge on any atom is -0.461 e. The van der Waals surface area contributed by atoms with Crippen molar-refractivity contribution in [3.05, 3.63) is 30.1 Å². The summed E-state index contributed by atoms with van der Waals surface area (Å²) < 4.78 is 4.78. The Morgan fingerprint density at radius 3 is 2.75 bits per heavy atom. The molecule has 0 saturated carbocycles. The quantitative estimate of drug-likeness (QED) is 0.529. The van der Waals surface area contributed by atoms with Crippen molar-refractivity contribution >= 4 is 17.6 Å². The lowest BCUT2D eigenvalue weighted by Gasteiger charge is -2.00. The molecule has 0 saturated heterocycles. The summed E-state index contributed by atoms with van der Waals surface area (Å²) in [5, 5.41) is 0. The second-order valence-corrected chi connectivity index (χ2v) is 2.44. The number of halogens is 1. The molecule has 1 heterocycles. The average molecular weight is 186 g/mol. The second kappa shape index (κ2) is 4.72. The molecule has 0 aliphatic heterocycles. The number of hydrogen-bond acceptors (Lipinski definition) is 3. The Morgan fingerprint density at radius 1 is 1.50 bits per heavy atom. The molecule has 0 unspecified atom stereocenters. The normalized spacial score (nSPS) is 9.42. The van der Waals surface area contributed by atoms with Crippen molar-refractivity contribution in [3.63, 3.8) is 0 Å². The van der Waals surface area contributed by atoms with Crippen LogP contribution in [0.4, 0.5) is 0 Å². The number of ether oxygens (including phenoxy) is 1. The number of esters is 1. The lowest BCUT2D eigenvalue weighted by atomic mass is 10.3. The topological polar surface area (TPSA) is 39.2 Å². The lowest BCUT2D eigenvalue weighted by molar-refractivity contribution is 0.0529. The molecule has 0 bridgehead atoms. The fourth-order valence-electron chi connectivity index (χ4n) is 0.703. The summed E-state index contributed by atoms with van der Waals surface area (Å²) in [4.78, 5) is 14.9. The number of alkyl halides is 1. The highest BCUT2D eigenvalue weighted by Gasteiger charge is 2.04. The lowest BCUT2D eigenvalue weighted by Crippen LogP contribution is -2.06. The van der Waals surface area contributed by atoms with E-state index < -0.39 is 0 Å². The number of aromatic nitrogens is 1. The number of carbonyl (C=O) groups is 1. The third kappa shape index (κ3) is 2.51. The van der Waals surface area contributed by atoms with Crippen LogP contribution >= 0.6 is 11.6 Å².